The quantitative estimate of drug-likeness (QED) is 0.886. The second kappa shape index (κ2) is 5.34. The average Bonchev–Trinajstić information content (AvgIpc) is 2.92. The van der Waals surface area contributed by atoms with E-state index in [1.807, 2.05) is 27.7 Å². The fraction of sp³-hybridized carbons (Fsp3) is 0.692. The van der Waals surface area contributed by atoms with Crippen LogP contribution in [0.15, 0.2) is 6.20 Å². The van der Waals surface area contributed by atoms with E-state index in [0.717, 1.165) is 0 Å². The Bertz CT molecular complexity index is 549. The Hall–Kier alpha value is -2.12. The van der Waals surface area contributed by atoms with Crippen molar-refractivity contribution >= 4 is 12.1 Å². The van der Waals surface area contributed by atoms with Crippen LogP contribution in [-0.2, 0) is 4.74 Å². The summed E-state index contributed by atoms with van der Waals surface area (Å²) in [4.78, 5) is 24.5. The fourth-order valence-electron chi connectivity index (χ4n) is 2.31. The van der Waals surface area contributed by atoms with E-state index in [2.05, 4.69) is 10.3 Å². The smallest absolute Gasteiger partial charge is 0.410 e. The molecule has 1 aliphatic rings. The van der Waals surface area contributed by atoms with Crippen LogP contribution in [0.2, 0.25) is 0 Å². The molecule has 0 spiro atoms. The fourth-order valence-corrected chi connectivity index (χ4v) is 2.31. The van der Waals surface area contributed by atoms with Gasteiger partial charge in [0.25, 0.3) is 0 Å². The molecule has 0 aromatic carbocycles. The zero-order valence-electron chi connectivity index (χ0n) is 12.6. The standard InChI is InChI=1S/C13H20N4O4/c1-8-5-16(12(20)21-13(2,3)4)7-10(8)17-6-9(11(18)19)14-15-17/h6,8,10H,5,7H2,1-4H3,(H,18,19)/t8-,10-/m0/s1. The highest BCUT2D eigenvalue weighted by molar-refractivity contribution is 5.84. The number of carbonyl (C=O) groups is 2. The van der Waals surface area contributed by atoms with Crippen molar-refractivity contribution in [3.05, 3.63) is 11.9 Å². The van der Waals surface area contributed by atoms with Crippen molar-refractivity contribution in [2.45, 2.75) is 39.3 Å². The van der Waals surface area contributed by atoms with Crippen molar-refractivity contribution in [2.24, 2.45) is 5.92 Å². The van der Waals surface area contributed by atoms with Gasteiger partial charge in [-0.15, -0.1) is 5.10 Å². The highest BCUT2D eigenvalue weighted by atomic mass is 16.6. The number of amides is 1. The summed E-state index contributed by atoms with van der Waals surface area (Å²) in [5.41, 5.74) is -0.639. The van der Waals surface area contributed by atoms with E-state index >= 15 is 0 Å². The number of carboxylic acid groups (broad SMARTS) is 1. The van der Waals surface area contributed by atoms with Crippen LogP contribution >= 0.6 is 0 Å². The molecule has 2 heterocycles. The SMILES string of the molecule is C[C@H]1CN(C(=O)OC(C)(C)C)C[C@@H]1n1cc(C(=O)O)nn1. The maximum Gasteiger partial charge on any atom is 0.410 e. The van der Waals surface area contributed by atoms with Crippen molar-refractivity contribution in [3.63, 3.8) is 0 Å². The molecular weight excluding hydrogens is 276 g/mol. The molecule has 1 aliphatic heterocycles. The highest BCUT2D eigenvalue weighted by Gasteiger charge is 2.36. The first kappa shape index (κ1) is 15.3. The number of nitrogens with zero attached hydrogens (tertiary/aromatic N) is 4. The number of hydrogen-bond donors (Lipinski definition) is 1. The summed E-state index contributed by atoms with van der Waals surface area (Å²) >= 11 is 0. The van der Waals surface area contributed by atoms with Crippen molar-refractivity contribution in [3.8, 4) is 0 Å². The first-order chi connectivity index (χ1) is 9.67. The Labute approximate surface area is 122 Å². The number of carbonyl (C=O) groups excluding carboxylic acids is 1. The molecule has 2 rings (SSSR count). The minimum absolute atomic E-state index is 0.0990. The summed E-state index contributed by atoms with van der Waals surface area (Å²) in [5, 5.41) is 16.3. The second-order valence-corrected chi connectivity index (χ2v) is 6.32. The number of rotatable bonds is 2. The lowest BCUT2D eigenvalue weighted by Gasteiger charge is -2.24. The largest absolute Gasteiger partial charge is 0.476 e. The predicted octanol–water partition coefficient (Wildman–Crippen LogP) is 1.40. The van der Waals surface area contributed by atoms with Gasteiger partial charge in [0, 0.05) is 13.1 Å². The number of aromatic carboxylic acids is 1. The Morgan fingerprint density at radius 2 is 2.05 bits per heavy atom. The molecule has 1 saturated heterocycles. The van der Waals surface area contributed by atoms with E-state index in [9.17, 15) is 9.59 Å². The molecule has 0 bridgehead atoms. The zero-order chi connectivity index (χ0) is 15.8. The summed E-state index contributed by atoms with van der Waals surface area (Å²) in [6, 6.07) is -0.0990. The van der Waals surface area contributed by atoms with Gasteiger partial charge in [0.05, 0.1) is 12.2 Å². The summed E-state index contributed by atoms with van der Waals surface area (Å²) in [5.74, 6) is -0.975. The summed E-state index contributed by atoms with van der Waals surface area (Å²) < 4.78 is 6.86. The maximum atomic E-state index is 12.1. The Balaban J connectivity index is 2.07. The van der Waals surface area contributed by atoms with Gasteiger partial charge in [-0.3, -0.25) is 0 Å². The molecule has 21 heavy (non-hydrogen) atoms. The van der Waals surface area contributed by atoms with Gasteiger partial charge in [-0.05, 0) is 26.7 Å². The molecule has 1 aromatic heterocycles. The van der Waals surface area contributed by atoms with Gasteiger partial charge in [-0.1, -0.05) is 12.1 Å². The molecule has 1 fully saturated rings. The first-order valence-electron chi connectivity index (χ1n) is 6.80. The number of likely N-dealkylation sites (tertiary alicyclic amines) is 1. The average molecular weight is 296 g/mol. The zero-order valence-corrected chi connectivity index (χ0v) is 12.6. The molecular formula is C13H20N4O4. The molecule has 8 nitrogen and oxygen atoms in total. The molecule has 2 atom stereocenters. The maximum absolute atomic E-state index is 12.1. The van der Waals surface area contributed by atoms with Gasteiger partial charge in [0.2, 0.25) is 0 Å². The molecule has 1 N–H and O–H groups in total. The van der Waals surface area contributed by atoms with Gasteiger partial charge < -0.3 is 14.7 Å². The van der Waals surface area contributed by atoms with Gasteiger partial charge in [-0.25, -0.2) is 14.3 Å². The van der Waals surface area contributed by atoms with Gasteiger partial charge in [-0.2, -0.15) is 0 Å². The Morgan fingerprint density at radius 1 is 1.38 bits per heavy atom. The molecule has 0 saturated carbocycles. The third-order valence-electron chi connectivity index (χ3n) is 3.29. The highest BCUT2D eigenvalue weighted by Crippen LogP contribution is 2.28. The van der Waals surface area contributed by atoms with E-state index in [-0.39, 0.29) is 23.7 Å². The number of aromatic nitrogens is 3. The number of carboxylic acids is 1. The summed E-state index contributed by atoms with van der Waals surface area (Å²) in [6.45, 7) is 8.41. The molecule has 1 aromatic rings. The second-order valence-electron chi connectivity index (χ2n) is 6.32. The lowest BCUT2D eigenvalue weighted by atomic mass is 10.1. The van der Waals surface area contributed by atoms with E-state index < -0.39 is 11.6 Å². The lowest BCUT2D eigenvalue weighted by molar-refractivity contribution is 0.0284. The van der Waals surface area contributed by atoms with Crippen LogP contribution in [0.25, 0.3) is 0 Å². The Kier molecular flexibility index (Phi) is 3.89. The summed E-state index contributed by atoms with van der Waals surface area (Å²) in [7, 11) is 0. The molecule has 116 valence electrons. The predicted molar refractivity (Wildman–Crippen MR) is 73.0 cm³/mol. The lowest BCUT2D eigenvalue weighted by Crippen LogP contribution is -2.35. The van der Waals surface area contributed by atoms with Crippen LogP contribution < -0.4 is 0 Å². The molecule has 8 heteroatoms. The number of hydrogen-bond acceptors (Lipinski definition) is 5. The molecule has 0 aliphatic carbocycles. The van der Waals surface area contributed by atoms with Crippen LogP contribution in [0.3, 0.4) is 0 Å². The summed E-state index contributed by atoms with van der Waals surface area (Å²) in [6.07, 6.45) is 1.03. The van der Waals surface area contributed by atoms with Crippen molar-refractivity contribution in [1.82, 2.24) is 19.9 Å². The van der Waals surface area contributed by atoms with E-state index in [0.29, 0.717) is 13.1 Å². The first-order valence-corrected chi connectivity index (χ1v) is 6.80. The van der Waals surface area contributed by atoms with E-state index in [1.54, 1.807) is 4.90 Å². The van der Waals surface area contributed by atoms with Crippen LogP contribution in [0.5, 0.6) is 0 Å². The monoisotopic (exact) mass is 296 g/mol. The normalized spacial score (nSPS) is 22.4. The Morgan fingerprint density at radius 3 is 2.57 bits per heavy atom. The van der Waals surface area contributed by atoms with Gasteiger partial charge >= 0.3 is 12.1 Å². The third kappa shape index (κ3) is 3.50. The number of ether oxygens (including phenoxy) is 1. The van der Waals surface area contributed by atoms with Crippen LogP contribution in [0, 0.1) is 5.92 Å². The van der Waals surface area contributed by atoms with Crippen LogP contribution in [-0.4, -0.2) is 55.8 Å². The van der Waals surface area contributed by atoms with Crippen molar-refractivity contribution < 1.29 is 19.4 Å². The van der Waals surface area contributed by atoms with Gasteiger partial charge in [0.1, 0.15) is 5.60 Å². The minimum atomic E-state index is -1.11. The van der Waals surface area contributed by atoms with Crippen molar-refractivity contribution in [2.75, 3.05) is 13.1 Å². The minimum Gasteiger partial charge on any atom is -0.476 e. The molecule has 1 amide bonds. The molecule has 0 radical (unpaired) electrons. The van der Waals surface area contributed by atoms with Gasteiger partial charge in [0.15, 0.2) is 5.69 Å². The van der Waals surface area contributed by atoms with Crippen LogP contribution in [0.1, 0.15) is 44.2 Å². The van der Waals surface area contributed by atoms with Crippen LogP contribution in [0.4, 0.5) is 4.79 Å². The third-order valence-corrected chi connectivity index (χ3v) is 3.29. The molecule has 0 unspecified atom stereocenters. The van der Waals surface area contributed by atoms with E-state index in [1.165, 1.54) is 10.9 Å². The topological polar surface area (TPSA) is 97.5 Å². The van der Waals surface area contributed by atoms with E-state index in [4.69, 9.17) is 9.84 Å². The van der Waals surface area contributed by atoms with Crippen molar-refractivity contribution in [1.29, 1.82) is 0 Å².